The highest BCUT2D eigenvalue weighted by atomic mass is 19.4. The van der Waals surface area contributed by atoms with Gasteiger partial charge in [0.05, 0.1) is 5.56 Å². The minimum absolute atomic E-state index is 0.202. The SMILES string of the molecule is O=c1c(N2CCc3c2cccc3C(F)(F)F)nccn1C1CC1. The summed E-state index contributed by atoms with van der Waals surface area (Å²) in [4.78, 5) is 18.3. The molecular formula is C16H14F3N3O. The number of alkyl halides is 3. The second kappa shape index (κ2) is 4.84. The molecule has 1 fully saturated rings. The van der Waals surface area contributed by atoms with Crippen molar-refractivity contribution < 1.29 is 13.2 Å². The van der Waals surface area contributed by atoms with E-state index in [1.165, 1.54) is 6.07 Å². The summed E-state index contributed by atoms with van der Waals surface area (Å²) >= 11 is 0. The van der Waals surface area contributed by atoms with E-state index in [4.69, 9.17) is 0 Å². The molecule has 0 atom stereocenters. The normalized spacial score (nSPS) is 17.4. The summed E-state index contributed by atoms with van der Waals surface area (Å²) in [5.74, 6) is 0.206. The lowest BCUT2D eigenvalue weighted by Gasteiger charge is -2.19. The molecule has 2 heterocycles. The molecular weight excluding hydrogens is 307 g/mol. The Bertz CT molecular complexity index is 824. The number of aromatic nitrogens is 2. The topological polar surface area (TPSA) is 38.1 Å². The third kappa shape index (κ3) is 2.31. The van der Waals surface area contributed by atoms with Gasteiger partial charge in [-0.1, -0.05) is 6.07 Å². The fraction of sp³-hybridized carbons (Fsp3) is 0.375. The highest BCUT2D eigenvalue weighted by molar-refractivity contribution is 5.69. The molecule has 2 aliphatic rings. The monoisotopic (exact) mass is 321 g/mol. The van der Waals surface area contributed by atoms with Crippen LogP contribution in [0.1, 0.15) is 30.0 Å². The molecule has 0 saturated heterocycles. The predicted octanol–water partition coefficient (Wildman–Crippen LogP) is 3.29. The van der Waals surface area contributed by atoms with Crippen molar-refractivity contribution >= 4 is 11.5 Å². The Balaban J connectivity index is 1.81. The second-order valence-corrected chi connectivity index (χ2v) is 5.90. The molecule has 1 saturated carbocycles. The minimum atomic E-state index is -4.39. The molecule has 1 aromatic heterocycles. The number of halogens is 3. The van der Waals surface area contributed by atoms with Crippen LogP contribution in [0.15, 0.2) is 35.4 Å². The van der Waals surface area contributed by atoms with Gasteiger partial charge < -0.3 is 9.47 Å². The van der Waals surface area contributed by atoms with Gasteiger partial charge in [0.25, 0.3) is 5.56 Å². The van der Waals surface area contributed by atoms with E-state index in [2.05, 4.69) is 4.98 Å². The predicted molar refractivity (Wildman–Crippen MR) is 78.9 cm³/mol. The highest BCUT2D eigenvalue weighted by Gasteiger charge is 2.37. The van der Waals surface area contributed by atoms with Gasteiger partial charge in [0.15, 0.2) is 5.82 Å². The van der Waals surface area contributed by atoms with Gasteiger partial charge in [0.2, 0.25) is 0 Å². The van der Waals surface area contributed by atoms with Crippen LogP contribution >= 0.6 is 0 Å². The molecule has 4 nitrogen and oxygen atoms in total. The van der Waals surface area contributed by atoms with Crippen molar-refractivity contribution in [3.8, 4) is 0 Å². The molecule has 1 aromatic carbocycles. The summed E-state index contributed by atoms with van der Waals surface area (Å²) in [6, 6.07) is 4.28. The number of benzene rings is 1. The Labute approximate surface area is 130 Å². The molecule has 120 valence electrons. The Morgan fingerprint density at radius 3 is 2.70 bits per heavy atom. The smallest absolute Gasteiger partial charge is 0.321 e. The van der Waals surface area contributed by atoms with Crippen molar-refractivity contribution in [1.29, 1.82) is 0 Å². The fourth-order valence-corrected chi connectivity index (χ4v) is 3.16. The third-order valence-electron chi connectivity index (χ3n) is 4.38. The average molecular weight is 321 g/mol. The van der Waals surface area contributed by atoms with Gasteiger partial charge in [-0.2, -0.15) is 13.2 Å². The Kier molecular flexibility index (Phi) is 3.01. The lowest BCUT2D eigenvalue weighted by molar-refractivity contribution is -0.138. The van der Waals surface area contributed by atoms with Crippen LogP contribution in [0.25, 0.3) is 0 Å². The maximum Gasteiger partial charge on any atom is 0.416 e. The van der Waals surface area contributed by atoms with Crippen molar-refractivity contribution in [3.63, 3.8) is 0 Å². The van der Waals surface area contributed by atoms with E-state index in [1.807, 2.05) is 0 Å². The molecule has 1 aliphatic heterocycles. The van der Waals surface area contributed by atoms with E-state index < -0.39 is 11.7 Å². The number of fused-ring (bicyclic) bond motifs is 1. The zero-order valence-electron chi connectivity index (χ0n) is 12.2. The number of hydrogen-bond acceptors (Lipinski definition) is 3. The summed E-state index contributed by atoms with van der Waals surface area (Å²) < 4.78 is 41.0. The minimum Gasteiger partial charge on any atom is -0.321 e. The van der Waals surface area contributed by atoms with Crippen LogP contribution in [0.2, 0.25) is 0 Å². The van der Waals surface area contributed by atoms with Gasteiger partial charge >= 0.3 is 6.18 Å². The number of hydrogen-bond donors (Lipinski definition) is 0. The average Bonchev–Trinajstić information content (AvgIpc) is 3.25. The van der Waals surface area contributed by atoms with Crippen LogP contribution < -0.4 is 10.5 Å². The van der Waals surface area contributed by atoms with Crippen LogP contribution in [0, 0.1) is 0 Å². The molecule has 0 unspecified atom stereocenters. The maximum absolute atomic E-state index is 13.1. The van der Waals surface area contributed by atoms with Crippen molar-refractivity contribution in [2.45, 2.75) is 31.5 Å². The van der Waals surface area contributed by atoms with Gasteiger partial charge in [0.1, 0.15) is 0 Å². The molecule has 2 aromatic rings. The first-order valence-corrected chi connectivity index (χ1v) is 7.50. The summed E-state index contributed by atoms with van der Waals surface area (Å²) in [6.07, 6.45) is 0.966. The quantitative estimate of drug-likeness (QED) is 0.852. The first-order chi connectivity index (χ1) is 11.0. The molecule has 1 aliphatic carbocycles. The standard InChI is InChI=1S/C16H14F3N3O/c17-16(18,19)12-2-1-3-13-11(12)6-8-22(13)14-15(23)21(9-7-20-14)10-4-5-10/h1-3,7,9-10H,4-6,8H2. The summed E-state index contributed by atoms with van der Waals surface area (Å²) in [7, 11) is 0. The fourth-order valence-electron chi connectivity index (χ4n) is 3.16. The van der Waals surface area contributed by atoms with Crippen LogP contribution in [0.5, 0.6) is 0 Å². The van der Waals surface area contributed by atoms with E-state index in [0.717, 1.165) is 18.9 Å². The van der Waals surface area contributed by atoms with Crippen molar-refractivity contribution in [2.75, 3.05) is 11.4 Å². The van der Waals surface area contributed by atoms with E-state index in [-0.39, 0.29) is 29.4 Å². The van der Waals surface area contributed by atoms with E-state index in [9.17, 15) is 18.0 Å². The number of nitrogens with zero attached hydrogens (tertiary/aromatic N) is 3. The first-order valence-electron chi connectivity index (χ1n) is 7.50. The molecule has 23 heavy (non-hydrogen) atoms. The van der Waals surface area contributed by atoms with Gasteiger partial charge in [-0.05, 0) is 37.0 Å². The van der Waals surface area contributed by atoms with Crippen molar-refractivity contribution in [1.82, 2.24) is 9.55 Å². The molecule has 0 N–H and O–H groups in total. The van der Waals surface area contributed by atoms with Crippen molar-refractivity contribution in [2.24, 2.45) is 0 Å². The number of rotatable bonds is 2. The van der Waals surface area contributed by atoms with Gasteiger partial charge in [-0.25, -0.2) is 4.98 Å². The number of anilines is 2. The zero-order chi connectivity index (χ0) is 16.2. The highest BCUT2D eigenvalue weighted by Crippen LogP contribution is 2.41. The summed E-state index contributed by atoms with van der Waals surface area (Å²) in [6.45, 7) is 0.333. The maximum atomic E-state index is 13.1. The third-order valence-corrected chi connectivity index (χ3v) is 4.38. The van der Waals surface area contributed by atoms with Crippen LogP contribution in [0.4, 0.5) is 24.7 Å². The van der Waals surface area contributed by atoms with Crippen molar-refractivity contribution in [3.05, 3.63) is 52.1 Å². The van der Waals surface area contributed by atoms with E-state index in [1.54, 1.807) is 27.9 Å². The molecule has 4 rings (SSSR count). The van der Waals surface area contributed by atoms with E-state index >= 15 is 0 Å². The molecule has 0 amide bonds. The van der Waals surface area contributed by atoms with E-state index in [0.29, 0.717) is 12.2 Å². The lowest BCUT2D eigenvalue weighted by Crippen LogP contribution is -2.28. The largest absolute Gasteiger partial charge is 0.416 e. The Morgan fingerprint density at radius 1 is 1.22 bits per heavy atom. The molecule has 0 bridgehead atoms. The van der Waals surface area contributed by atoms with Gasteiger partial charge in [0, 0.05) is 30.7 Å². The Hall–Kier alpha value is -2.31. The van der Waals surface area contributed by atoms with Gasteiger partial charge in [-0.3, -0.25) is 4.79 Å². The first kappa shape index (κ1) is 14.3. The second-order valence-electron chi connectivity index (χ2n) is 5.90. The Morgan fingerprint density at radius 2 is 2.00 bits per heavy atom. The van der Waals surface area contributed by atoms with Gasteiger partial charge in [-0.15, -0.1) is 0 Å². The zero-order valence-corrected chi connectivity index (χ0v) is 12.2. The lowest BCUT2D eigenvalue weighted by atomic mass is 10.0. The van der Waals surface area contributed by atoms with Crippen LogP contribution in [-0.2, 0) is 12.6 Å². The molecule has 0 spiro atoms. The summed E-state index contributed by atoms with van der Waals surface area (Å²) in [5.41, 5.74) is -0.197. The van der Waals surface area contributed by atoms with Crippen LogP contribution in [0.3, 0.4) is 0 Å². The molecule has 7 heteroatoms. The summed E-state index contributed by atoms with van der Waals surface area (Å²) in [5, 5.41) is 0. The van der Waals surface area contributed by atoms with Crippen LogP contribution in [-0.4, -0.2) is 16.1 Å². The molecule has 0 radical (unpaired) electrons.